The first kappa shape index (κ1) is 17.4. The number of halogens is 1. The van der Waals surface area contributed by atoms with Gasteiger partial charge in [-0.3, -0.25) is 0 Å². The lowest BCUT2D eigenvalue weighted by Crippen LogP contribution is -2.25. The fraction of sp³-hybridized carbons (Fsp3) is 0.136. The standard InChI is InChI=1S/C22H18ClNO3/c23-20-10-5-11-21(25)18(20)12-24-22(26)27-13-19-16-8-3-1-6-14(16)15-7-2-4-9-17(15)19/h1-11,19,25H,12-13H2,(H,24,26). The number of fused-ring (bicyclic) bond motifs is 3. The number of aromatic hydroxyl groups is 1. The number of hydrogen-bond acceptors (Lipinski definition) is 3. The molecule has 2 N–H and O–H groups in total. The van der Waals surface area contributed by atoms with E-state index in [0.717, 1.165) is 11.1 Å². The van der Waals surface area contributed by atoms with E-state index in [1.54, 1.807) is 12.1 Å². The number of ether oxygens (including phenoxy) is 1. The van der Waals surface area contributed by atoms with Gasteiger partial charge >= 0.3 is 6.09 Å². The van der Waals surface area contributed by atoms with Crippen LogP contribution in [-0.4, -0.2) is 17.8 Å². The quantitative estimate of drug-likeness (QED) is 0.664. The molecule has 0 aromatic heterocycles. The highest BCUT2D eigenvalue weighted by Gasteiger charge is 2.28. The number of alkyl carbamates (subject to hydrolysis) is 1. The molecule has 0 radical (unpaired) electrons. The molecule has 3 aromatic carbocycles. The normalized spacial score (nSPS) is 12.3. The van der Waals surface area contributed by atoms with Crippen molar-refractivity contribution in [2.75, 3.05) is 6.61 Å². The molecule has 3 aromatic rings. The Morgan fingerprint density at radius 1 is 0.963 bits per heavy atom. The molecule has 0 spiro atoms. The van der Waals surface area contributed by atoms with E-state index >= 15 is 0 Å². The summed E-state index contributed by atoms with van der Waals surface area (Å²) in [5, 5.41) is 12.9. The minimum absolute atomic E-state index is 0.0110. The Morgan fingerprint density at radius 3 is 2.22 bits per heavy atom. The maximum absolute atomic E-state index is 12.2. The summed E-state index contributed by atoms with van der Waals surface area (Å²) in [4.78, 5) is 12.2. The van der Waals surface area contributed by atoms with Crippen molar-refractivity contribution in [3.63, 3.8) is 0 Å². The number of benzene rings is 3. The largest absolute Gasteiger partial charge is 0.508 e. The van der Waals surface area contributed by atoms with Gasteiger partial charge < -0.3 is 15.2 Å². The molecule has 1 amide bonds. The minimum atomic E-state index is -0.545. The van der Waals surface area contributed by atoms with Crippen molar-refractivity contribution in [3.8, 4) is 16.9 Å². The molecular formula is C22H18ClNO3. The minimum Gasteiger partial charge on any atom is -0.508 e. The molecule has 136 valence electrons. The second kappa shape index (κ2) is 7.33. The number of rotatable bonds is 4. The summed E-state index contributed by atoms with van der Waals surface area (Å²) in [6.45, 7) is 0.344. The Hall–Kier alpha value is -2.98. The maximum Gasteiger partial charge on any atom is 0.407 e. The third-order valence-corrected chi connectivity index (χ3v) is 5.20. The van der Waals surface area contributed by atoms with Crippen molar-refractivity contribution in [1.82, 2.24) is 5.32 Å². The Morgan fingerprint density at radius 2 is 1.59 bits per heavy atom. The summed E-state index contributed by atoms with van der Waals surface area (Å²) in [5.41, 5.74) is 5.16. The van der Waals surface area contributed by atoms with Crippen LogP contribution < -0.4 is 5.32 Å². The van der Waals surface area contributed by atoms with Gasteiger partial charge in [0.1, 0.15) is 12.4 Å². The van der Waals surface area contributed by atoms with Gasteiger partial charge in [0.25, 0.3) is 0 Å². The predicted octanol–water partition coefficient (Wildman–Crippen LogP) is 5.08. The lowest BCUT2D eigenvalue weighted by molar-refractivity contribution is 0.142. The number of hydrogen-bond donors (Lipinski definition) is 2. The van der Waals surface area contributed by atoms with E-state index in [1.807, 2.05) is 24.3 Å². The van der Waals surface area contributed by atoms with Crippen LogP contribution in [0.25, 0.3) is 11.1 Å². The van der Waals surface area contributed by atoms with Crippen LogP contribution in [0.3, 0.4) is 0 Å². The smallest absolute Gasteiger partial charge is 0.407 e. The first-order chi connectivity index (χ1) is 13.1. The molecule has 0 saturated heterocycles. The molecule has 5 heteroatoms. The van der Waals surface area contributed by atoms with Crippen molar-refractivity contribution in [2.24, 2.45) is 0 Å². The zero-order chi connectivity index (χ0) is 18.8. The third kappa shape index (κ3) is 3.36. The van der Waals surface area contributed by atoms with Crippen LogP contribution in [0.2, 0.25) is 5.02 Å². The fourth-order valence-corrected chi connectivity index (χ4v) is 3.77. The van der Waals surface area contributed by atoms with E-state index in [0.29, 0.717) is 10.6 Å². The Balaban J connectivity index is 1.44. The highest BCUT2D eigenvalue weighted by Crippen LogP contribution is 2.44. The number of phenols is 1. The molecule has 4 rings (SSSR count). The average Bonchev–Trinajstić information content (AvgIpc) is 3.00. The molecule has 1 aliphatic rings. The second-order valence-corrected chi connectivity index (χ2v) is 6.82. The van der Waals surface area contributed by atoms with E-state index < -0.39 is 6.09 Å². The first-order valence-electron chi connectivity index (χ1n) is 8.70. The summed E-state index contributed by atoms with van der Waals surface area (Å²) in [6.07, 6.45) is -0.545. The van der Waals surface area contributed by atoms with Gasteiger partial charge in [0.15, 0.2) is 0 Å². The van der Waals surface area contributed by atoms with Crippen molar-refractivity contribution < 1.29 is 14.6 Å². The number of amides is 1. The van der Waals surface area contributed by atoms with Crippen molar-refractivity contribution in [3.05, 3.63) is 88.4 Å². The van der Waals surface area contributed by atoms with Gasteiger partial charge in [0.2, 0.25) is 0 Å². The molecule has 1 aliphatic carbocycles. The second-order valence-electron chi connectivity index (χ2n) is 6.42. The Labute approximate surface area is 162 Å². The molecule has 0 aliphatic heterocycles. The molecule has 0 fully saturated rings. The summed E-state index contributed by atoms with van der Waals surface area (Å²) >= 11 is 6.05. The van der Waals surface area contributed by atoms with Gasteiger partial charge in [-0.15, -0.1) is 0 Å². The number of carbonyl (C=O) groups excluding carboxylic acids is 1. The highest BCUT2D eigenvalue weighted by atomic mass is 35.5. The molecule has 0 bridgehead atoms. The molecule has 27 heavy (non-hydrogen) atoms. The van der Waals surface area contributed by atoms with Gasteiger partial charge in [-0.25, -0.2) is 4.79 Å². The topological polar surface area (TPSA) is 58.6 Å². The Bertz CT molecular complexity index is 937. The van der Waals surface area contributed by atoms with Crippen LogP contribution in [0.15, 0.2) is 66.7 Å². The molecule has 0 atom stereocenters. The van der Waals surface area contributed by atoms with Crippen LogP contribution in [0.1, 0.15) is 22.6 Å². The predicted molar refractivity (Wildman–Crippen MR) is 105 cm³/mol. The van der Waals surface area contributed by atoms with Crippen LogP contribution in [0.4, 0.5) is 4.79 Å². The van der Waals surface area contributed by atoms with Gasteiger partial charge in [0.05, 0.1) is 6.54 Å². The van der Waals surface area contributed by atoms with Gasteiger partial charge in [-0.2, -0.15) is 0 Å². The first-order valence-corrected chi connectivity index (χ1v) is 9.08. The van der Waals surface area contributed by atoms with E-state index in [-0.39, 0.29) is 24.8 Å². The zero-order valence-corrected chi connectivity index (χ0v) is 15.2. The molecule has 0 saturated carbocycles. The molecule has 0 unspecified atom stereocenters. The van der Waals surface area contributed by atoms with Crippen LogP contribution >= 0.6 is 11.6 Å². The molecule has 4 nitrogen and oxygen atoms in total. The van der Waals surface area contributed by atoms with E-state index in [4.69, 9.17) is 16.3 Å². The van der Waals surface area contributed by atoms with E-state index in [9.17, 15) is 9.90 Å². The van der Waals surface area contributed by atoms with E-state index in [2.05, 4.69) is 29.6 Å². The van der Waals surface area contributed by atoms with Crippen molar-refractivity contribution in [1.29, 1.82) is 0 Å². The summed E-state index contributed by atoms with van der Waals surface area (Å²) in [7, 11) is 0. The number of phenolic OH excluding ortho intramolecular Hbond substituents is 1. The highest BCUT2D eigenvalue weighted by molar-refractivity contribution is 6.31. The number of carbonyl (C=O) groups is 1. The molecule has 0 heterocycles. The SMILES string of the molecule is O=C(NCc1c(O)cccc1Cl)OCC1c2ccccc2-c2ccccc21. The maximum atomic E-state index is 12.2. The van der Waals surface area contributed by atoms with Gasteiger partial charge in [-0.1, -0.05) is 66.2 Å². The summed E-state index contributed by atoms with van der Waals surface area (Å²) in [5.74, 6) is 0.0540. The average molecular weight is 380 g/mol. The zero-order valence-electron chi connectivity index (χ0n) is 14.5. The van der Waals surface area contributed by atoms with Crippen LogP contribution in [0.5, 0.6) is 5.75 Å². The fourth-order valence-electron chi connectivity index (χ4n) is 3.53. The van der Waals surface area contributed by atoms with Crippen LogP contribution in [0, 0.1) is 0 Å². The van der Waals surface area contributed by atoms with Gasteiger partial charge in [-0.05, 0) is 34.4 Å². The number of nitrogens with one attached hydrogen (secondary N) is 1. The summed E-state index contributed by atoms with van der Waals surface area (Å²) in [6, 6.07) is 21.2. The van der Waals surface area contributed by atoms with Crippen molar-refractivity contribution in [2.45, 2.75) is 12.5 Å². The lowest BCUT2D eigenvalue weighted by atomic mass is 9.98. The Kier molecular flexibility index (Phi) is 4.73. The monoisotopic (exact) mass is 379 g/mol. The van der Waals surface area contributed by atoms with Crippen LogP contribution in [-0.2, 0) is 11.3 Å². The lowest BCUT2D eigenvalue weighted by Gasteiger charge is -2.15. The summed E-state index contributed by atoms with van der Waals surface area (Å²) < 4.78 is 5.47. The van der Waals surface area contributed by atoms with E-state index in [1.165, 1.54) is 17.2 Å². The molecular weight excluding hydrogens is 362 g/mol. The van der Waals surface area contributed by atoms with Crippen molar-refractivity contribution >= 4 is 17.7 Å². The van der Waals surface area contributed by atoms with Gasteiger partial charge in [0, 0.05) is 16.5 Å². The third-order valence-electron chi connectivity index (χ3n) is 4.85.